The average molecular weight is 338 g/mol. The van der Waals surface area contributed by atoms with Crippen LogP contribution in [0.1, 0.15) is 24.0 Å². The van der Waals surface area contributed by atoms with Gasteiger partial charge in [0.15, 0.2) is 0 Å². The largest absolute Gasteiger partial charge is 0.416 e. The number of carbonyl (C=O) groups excluding carboxylic acids is 1. The lowest BCUT2D eigenvalue weighted by atomic mass is 10.1. The number of carbonyl (C=O) groups is 1. The van der Waals surface area contributed by atoms with Crippen LogP contribution in [0.3, 0.4) is 0 Å². The summed E-state index contributed by atoms with van der Waals surface area (Å²) in [5.74, 6) is 0.433. The minimum absolute atomic E-state index is 0.246. The van der Waals surface area contributed by atoms with Crippen LogP contribution < -0.4 is 11.1 Å². The molecule has 1 unspecified atom stereocenters. The number of fused-ring (bicyclic) bond motifs is 1. The van der Waals surface area contributed by atoms with Crippen molar-refractivity contribution in [3.8, 4) is 0 Å². The summed E-state index contributed by atoms with van der Waals surface area (Å²) < 4.78 is 38.2. The second-order valence-corrected chi connectivity index (χ2v) is 5.84. The van der Waals surface area contributed by atoms with Gasteiger partial charge >= 0.3 is 6.18 Å². The first-order chi connectivity index (χ1) is 11.3. The molecular formula is C16H17F3N4O. The molecule has 0 aliphatic carbocycles. The number of aliphatic imine (C=N–C) groups is 1. The number of hydrogen-bond acceptors (Lipinski definition) is 4. The number of amides is 1. The Morgan fingerprint density at radius 3 is 2.92 bits per heavy atom. The second-order valence-electron chi connectivity index (χ2n) is 5.84. The molecule has 24 heavy (non-hydrogen) atoms. The Morgan fingerprint density at radius 2 is 2.21 bits per heavy atom. The summed E-state index contributed by atoms with van der Waals surface area (Å²) in [5, 5.41) is 3.08. The number of nitrogens with zero attached hydrogens (tertiary/aromatic N) is 2. The third-order valence-electron chi connectivity index (χ3n) is 4.16. The minimum atomic E-state index is -4.36. The highest BCUT2D eigenvalue weighted by molar-refractivity contribution is 5.93. The number of alkyl halides is 3. The maximum atomic E-state index is 12.7. The van der Waals surface area contributed by atoms with Gasteiger partial charge in [-0.2, -0.15) is 13.2 Å². The zero-order chi connectivity index (χ0) is 17.3. The van der Waals surface area contributed by atoms with Crippen LogP contribution in [0.15, 0.2) is 41.2 Å². The molecule has 1 atom stereocenters. The molecule has 0 bridgehead atoms. The quantitative estimate of drug-likeness (QED) is 0.882. The summed E-state index contributed by atoms with van der Waals surface area (Å²) in [4.78, 5) is 17.6. The molecular weight excluding hydrogens is 321 g/mol. The summed E-state index contributed by atoms with van der Waals surface area (Å²) in [5.41, 5.74) is 5.98. The van der Waals surface area contributed by atoms with Crippen LogP contribution in [0.5, 0.6) is 0 Å². The fourth-order valence-corrected chi connectivity index (χ4v) is 2.93. The van der Waals surface area contributed by atoms with Gasteiger partial charge in [0.25, 0.3) is 0 Å². The number of rotatable bonds is 4. The second kappa shape index (κ2) is 6.18. The van der Waals surface area contributed by atoms with Crippen molar-refractivity contribution in [3.05, 3.63) is 47.3 Å². The van der Waals surface area contributed by atoms with Gasteiger partial charge in [0.2, 0.25) is 5.91 Å². The van der Waals surface area contributed by atoms with Gasteiger partial charge in [-0.05, 0) is 24.1 Å². The number of hydrogen-bond donors (Lipinski definition) is 2. The maximum Gasteiger partial charge on any atom is 0.416 e. The molecule has 1 amide bonds. The molecule has 2 aliphatic rings. The monoisotopic (exact) mass is 338 g/mol. The normalized spacial score (nSPS) is 20.3. The van der Waals surface area contributed by atoms with Gasteiger partial charge in [-0.15, -0.1) is 0 Å². The SMILES string of the molecule is NC(=O)C1CCC2=NC=C(NCc3cccc(C(F)(F)F)c3)CN21. The highest BCUT2D eigenvalue weighted by Gasteiger charge is 2.35. The summed E-state index contributed by atoms with van der Waals surface area (Å²) in [6, 6.07) is 4.80. The smallest absolute Gasteiger partial charge is 0.382 e. The van der Waals surface area contributed by atoms with E-state index in [1.54, 1.807) is 12.3 Å². The molecule has 0 radical (unpaired) electrons. The van der Waals surface area contributed by atoms with E-state index in [4.69, 9.17) is 5.73 Å². The number of halogens is 3. The first-order valence-electron chi connectivity index (χ1n) is 7.56. The number of amidine groups is 1. The number of primary amides is 1. The van der Waals surface area contributed by atoms with E-state index in [1.165, 1.54) is 6.07 Å². The Labute approximate surface area is 137 Å². The van der Waals surface area contributed by atoms with Crippen LogP contribution in [0.25, 0.3) is 0 Å². The Kier molecular flexibility index (Phi) is 4.21. The molecule has 3 N–H and O–H groups in total. The molecule has 1 aromatic rings. The third kappa shape index (κ3) is 3.37. The predicted octanol–water partition coefficient (Wildman–Crippen LogP) is 2.00. The predicted molar refractivity (Wildman–Crippen MR) is 82.7 cm³/mol. The lowest BCUT2D eigenvalue weighted by Crippen LogP contribution is -2.45. The van der Waals surface area contributed by atoms with Gasteiger partial charge in [-0.3, -0.25) is 4.79 Å². The van der Waals surface area contributed by atoms with Crippen molar-refractivity contribution in [2.24, 2.45) is 10.7 Å². The molecule has 1 saturated heterocycles. The van der Waals surface area contributed by atoms with Gasteiger partial charge in [-0.25, -0.2) is 4.99 Å². The van der Waals surface area contributed by atoms with E-state index in [0.29, 0.717) is 24.9 Å². The number of benzene rings is 1. The molecule has 2 aliphatic heterocycles. The summed E-state index contributed by atoms with van der Waals surface area (Å²) in [6.07, 6.45) is -1.36. The van der Waals surface area contributed by atoms with Gasteiger partial charge in [0.1, 0.15) is 11.9 Å². The van der Waals surface area contributed by atoms with Crippen LogP contribution >= 0.6 is 0 Å². The zero-order valence-corrected chi connectivity index (χ0v) is 12.8. The minimum Gasteiger partial charge on any atom is -0.382 e. The summed E-state index contributed by atoms with van der Waals surface area (Å²) >= 11 is 0. The van der Waals surface area contributed by atoms with Crippen molar-refractivity contribution in [1.29, 1.82) is 0 Å². The number of nitrogens with one attached hydrogen (secondary N) is 1. The van der Waals surface area contributed by atoms with Crippen molar-refractivity contribution < 1.29 is 18.0 Å². The molecule has 0 saturated carbocycles. The fraction of sp³-hybridized carbons (Fsp3) is 0.375. The van der Waals surface area contributed by atoms with E-state index >= 15 is 0 Å². The van der Waals surface area contributed by atoms with Crippen LogP contribution in [0, 0.1) is 0 Å². The molecule has 128 valence electrons. The lowest BCUT2D eigenvalue weighted by molar-refractivity contribution is -0.137. The van der Waals surface area contributed by atoms with Gasteiger partial charge in [0.05, 0.1) is 12.1 Å². The fourth-order valence-electron chi connectivity index (χ4n) is 2.93. The van der Waals surface area contributed by atoms with Crippen molar-refractivity contribution in [1.82, 2.24) is 10.2 Å². The van der Waals surface area contributed by atoms with E-state index in [-0.39, 0.29) is 18.5 Å². The molecule has 1 fully saturated rings. The zero-order valence-electron chi connectivity index (χ0n) is 12.8. The Morgan fingerprint density at radius 1 is 1.42 bits per heavy atom. The summed E-state index contributed by atoms with van der Waals surface area (Å²) in [6.45, 7) is 0.696. The Bertz CT molecular complexity index is 712. The van der Waals surface area contributed by atoms with Crippen molar-refractivity contribution in [2.45, 2.75) is 31.6 Å². The molecule has 3 rings (SSSR count). The molecule has 0 aromatic heterocycles. The highest BCUT2D eigenvalue weighted by Crippen LogP contribution is 2.29. The standard InChI is InChI=1S/C16H17F3N4O/c17-16(18,19)11-3-1-2-10(6-11)7-21-12-8-22-14-5-4-13(15(20)24)23(14)9-12/h1-3,6,8,13,21H,4-5,7,9H2,(H2,20,24). The van der Waals surface area contributed by atoms with Gasteiger partial charge in [-0.1, -0.05) is 12.1 Å². The molecule has 8 heteroatoms. The Hall–Kier alpha value is -2.51. The summed E-state index contributed by atoms with van der Waals surface area (Å²) in [7, 11) is 0. The number of nitrogens with two attached hydrogens (primary N) is 1. The molecule has 1 aromatic carbocycles. The van der Waals surface area contributed by atoms with Gasteiger partial charge < -0.3 is 16.0 Å². The first-order valence-corrected chi connectivity index (χ1v) is 7.56. The highest BCUT2D eigenvalue weighted by atomic mass is 19.4. The maximum absolute atomic E-state index is 12.7. The average Bonchev–Trinajstić information content (AvgIpc) is 2.95. The van der Waals surface area contributed by atoms with Crippen molar-refractivity contribution >= 4 is 11.7 Å². The molecule has 2 heterocycles. The van der Waals surface area contributed by atoms with Crippen LogP contribution in [-0.4, -0.2) is 29.2 Å². The molecule has 0 spiro atoms. The van der Waals surface area contributed by atoms with Crippen molar-refractivity contribution in [2.75, 3.05) is 6.54 Å². The van der Waals surface area contributed by atoms with E-state index in [2.05, 4.69) is 10.3 Å². The van der Waals surface area contributed by atoms with E-state index in [9.17, 15) is 18.0 Å². The van der Waals surface area contributed by atoms with Crippen LogP contribution in [0.4, 0.5) is 13.2 Å². The first kappa shape index (κ1) is 16.4. The molecule has 5 nitrogen and oxygen atoms in total. The van der Waals surface area contributed by atoms with E-state index in [0.717, 1.165) is 23.7 Å². The third-order valence-corrected chi connectivity index (χ3v) is 4.16. The van der Waals surface area contributed by atoms with Crippen molar-refractivity contribution in [3.63, 3.8) is 0 Å². The van der Waals surface area contributed by atoms with Crippen LogP contribution in [0.2, 0.25) is 0 Å². The topological polar surface area (TPSA) is 70.7 Å². The van der Waals surface area contributed by atoms with E-state index in [1.807, 2.05) is 4.90 Å². The van der Waals surface area contributed by atoms with Crippen LogP contribution in [-0.2, 0) is 17.5 Å². The Balaban J connectivity index is 1.65. The van der Waals surface area contributed by atoms with E-state index < -0.39 is 11.7 Å². The van der Waals surface area contributed by atoms with Gasteiger partial charge in [0, 0.05) is 24.9 Å². The lowest BCUT2D eigenvalue weighted by Gasteiger charge is -2.28.